The van der Waals surface area contributed by atoms with Crippen LogP contribution in [0.2, 0.25) is 0 Å². The molecule has 0 bridgehead atoms. The van der Waals surface area contributed by atoms with Crippen LogP contribution in [0.3, 0.4) is 0 Å². The predicted octanol–water partition coefficient (Wildman–Crippen LogP) is 2.73. The SMILES string of the molecule is O=c1[nH]c(C2CCc3ccccc32)nc2c1CCCC2. The first kappa shape index (κ1) is 11.9. The van der Waals surface area contributed by atoms with Crippen molar-refractivity contribution in [2.75, 3.05) is 0 Å². The lowest BCUT2D eigenvalue weighted by Gasteiger charge is -2.17. The predicted molar refractivity (Wildman–Crippen MR) is 78.1 cm³/mol. The van der Waals surface area contributed by atoms with E-state index in [0.29, 0.717) is 0 Å². The summed E-state index contributed by atoms with van der Waals surface area (Å²) in [5.41, 5.74) is 4.80. The zero-order valence-corrected chi connectivity index (χ0v) is 11.5. The molecule has 1 aromatic heterocycles. The highest BCUT2D eigenvalue weighted by atomic mass is 16.1. The average Bonchev–Trinajstić information content (AvgIpc) is 2.91. The van der Waals surface area contributed by atoms with Crippen molar-refractivity contribution >= 4 is 0 Å². The van der Waals surface area contributed by atoms with Gasteiger partial charge in [-0.25, -0.2) is 4.98 Å². The van der Waals surface area contributed by atoms with E-state index in [1.807, 2.05) is 0 Å². The van der Waals surface area contributed by atoms with E-state index in [-0.39, 0.29) is 11.5 Å². The molecule has 0 aliphatic heterocycles. The van der Waals surface area contributed by atoms with Crippen molar-refractivity contribution < 1.29 is 0 Å². The average molecular weight is 266 g/mol. The van der Waals surface area contributed by atoms with Gasteiger partial charge in [-0.15, -0.1) is 0 Å². The molecular weight excluding hydrogens is 248 g/mol. The van der Waals surface area contributed by atoms with Crippen molar-refractivity contribution in [2.24, 2.45) is 0 Å². The molecule has 0 amide bonds. The summed E-state index contributed by atoms with van der Waals surface area (Å²) in [7, 11) is 0. The number of aromatic nitrogens is 2. The maximum absolute atomic E-state index is 12.3. The van der Waals surface area contributed by atoms with Crippen molar-refractivity contribution in [2.45, 2.75) is 44.4 Å². The largest absolute Gasteiger partial charge is 0.310 e. The van der Waals surface area contributed by atoms with E-state index in [2.05, 4.69) is 29.2 Å². The van der Waals surface area contributed by atoms with E-state index in [9.17, 15) is 4.79 Å². The third-order valence-electron chi connectivity index (χ3n) is 4.67. The number of hydrogen-bond donors (Lipinski definition) is 1. The molecule has 0 radical (unpaired) electrons. The standard InChI is InChI=1S/C17H18N2O/c20-17-14-7-3-4-8-15(14)18-16(19-17)13-10-9-11-5-1-2-6-12(11)13/h1-2,5-6,13H,3-4,7-10H2,(H,18,19,20). The van der Waals surface area contributed by atoms with Gasteiger partial charge in [0.2, 0.25) is 0 Å². The van der Waals surface area contributed by atoms with Crippen LogP contribution in [0.15, 0.2) is 29.1 Å². The number of hydrogen-bond acceptors (Lipinski definition) is 2. The Morgan fingerprint density at radius 2 is 1.95 bits per heavy atom. The summed E-state index contributed by atoms with van der Waals surface area (Å²) in [5.74, 6) is 1.15. The van der Waals surface area contributed by atoms with Gasteiger partial charge in [0.05, 0.1) is 5.69 Å². The highest BCUT2D eigenvalue weighted by molar-refractivity contribution is 5.39. The first-order valence-electron chi connectivity index (χ1n) is 7.52. The molecule has 2 aliphatic carbocycles. The van der Waals surface area contributed by atoms with Gasteiger partial charge in [-0.1, -0.05) is 24.3 Å². The zero-order valence-electron chi connectivity index (χ0n) is 11.5. The molecule has 1 heterocycles. The van der Waals surface area contributed by atoms with Gasteiger partial charge in [0.25, 0.3) is 5.56 Å². The van der Waals surface area contributed by atoms with Crippen molar-refractivity contribution in [1.29, 1.82) is 0 Å². The fourth-order valence-electron chi connectivity index (χ4n) is 3.63. The Bertz CT molecular complexity index is 717. The van der Waals surface area contributed by atoms with Gasteiger partial charge in [-0.2, -0.15) is 0 Å². The third kappa shape index (κ3) is 1.80. The van der Waals surface area contributed by atoms with Crippen LogP contribution in [0.25, 0.3) is 0 Å². The van der Waals surface area contributed by atoms with Gasteiger partial charge < -0.3 is 4.98 Å². The van der Waals surface area contributed by atoms with Crippen LogP contribution in [0, 0.1) is 0 Å². The van der Waals surface area contributed by atoms with E-state index in [4.69, 9.17) is 4.98 Å². The number of rotatable bonds is 1. The van der Waals surface area contributed by atoms with Crippen LogP contribution < -0.4 is 5.56 Å². The number of nitrogens with zero attached hydrogens (tertiary/aromatic N) is 1. The molecule has 2 aliphatic rings. The second kappa shape index (κ2) is 4.58. The number of benzene rings is 1. The Kier molecular flexibility index (Phi) is 2.72. The minimum Gasteiger partial charge on any atom is -0.310 e. The number of aryl methyl sites for hydroxylation is 2. The summed E-state index contributed by atoms with van der Waals surface area (Å²) >= 11 is 0. The maximum Gasteiger partial charge on any atom is 0.254 e. The van der Waals surface area contributed by atoms with Crippen molar-refractivity contribution in [3.63, 3.8) is 0 Å². The summed E-state index contributed by atoms with van der Waals surface area (Å²) in [4.78, 5) is 20.1. The fraction of sp³-hybridized carbons (Fsp3) is 0.412. The molecule has 1 aromatic carbocycles. The second-order valence-electron chi connectivity index (χ2n) is 5.87. The lowest BCUT2D eigenvalue weighted by atomic mass is 9.95. The molecular formula is C17H18N2O. The van der Waals surface area contributed by atoms with E-state index < -0.39 is 0 Å². The van der Waals surface area contributed by atoms with Gasteiger partial charge >= 0.3 is 0 Å². The lowest BCUT2D eigenvalue weighted by Crippen LogP contribution is -2.24. The molecule has 1 unspecified atom stereocenters. The van der Waals surface area contributed by atoms with Crippen molar-refractivity contribution in [1.82, 2.24) is 9.97 Å². The molecule has 3 heteroatoms. The molecule has 0 saturated heterocycles. The van der Waals surface area contributed by atoms with Gasteiger partial charge in [-0.3, -0.25) is 4.79 Å². The molecule has 2 aromatic rings. The van der Waals surface area contributed by atoms with E-state index in [1.54, 1.807) is 0 Å². The molecule has 1 atom stereocenters. The quantitative estimate of drug-likeness (QED) is 0.862. The number of H-pyrrole nitrogens is 1. The molecule has 0 saturated carbocycles. The summed E-state index contributed by atoms with van der Waals surface area (Å²) in [5, 5.41) is 0. The summed E-state index contributed by atoms with van der Waals surface area (Å²) < 4.78 is 0. The first-order chi connectivity index (χ1) is 9.83. The van der Waals surface area contributed by atoms with Crippen LogP contribution in [0.5, 0.6) is 0 Å². The summed E-state index contributed by atoms with van der Waals surface area (Å²) in [6, 6.07) is 8.52. The van der Waals surface area contributed by atoms with Gasteiger partial charge in [-0.05, 0) is 49.7 Å². The number of nitrogens with one attached hydrogen (secondary N) is 1. The third-order valence-corrected chi connectivity index (χ3v) is 4.67. The van der Waals surface area contributed by atoms with E-state index in [1.165, 1.54) is 11.1 Å². The smallest absolute Gasteiger partial charge is 0.254 e. The first-order valence-corrected chi connectivity index (χ1v) is 7.52. The van der Waals surface area contributed by atoms with Crippen LogP contribution >= 0.6 is 0 Å². The van der Waals surface area contributed by atoms with Gasteiger partial charge in [0.1, 0.15) is 5.82 Å². The Labute approximate surface area is 118 Å². The van der Waals surface area contributed by atoms with Crippen LogP contribution in [-0.2, 0) is 19.3 Å². The highest BCUT2D eigenvalue weighted by Crippen LogP contribution is 2.36. The summed E-state index contributed by atoms with van der Waals surface area (Å²) in [6.07, 6.45) is 6.26. The highest BCUT2D eigenvalue weighted by Gasteiger charge is 2.27. The van der Waals surface area contributed by atoms with Crippen LogP contribution in [0.4, 0.5) is 0 Å². The van der Waals surface area contributed by atoms with Gasteiger partial charge in [0, 0.05) is 11.5 Å². The monoisotopic (exact) mass is 266 g/mol. The molecule has 20 heavy (non-hydrogen) atoms. The Balaban J connectivity index is 1.81. The molecule has 102 valence electrons. The normalized spacial score (nSPS) is 20.5. The minimum absolute atomic E-state index is 0.0917. The van der Waals surface area contributed by atoms with Crippen LogP contribution in [0.1, 0.15) is 53.4 Å². The van der Waals surface area contributed by atoms with E-state index >= 15 is 0 Å². The van der Waals surface area contributed by atoms with Gasteiger partial charge in [0.15, 0.2) is 0 Å². The fourth-order valence-corrected chi connectivity index (χ4v) is 3.63. The molecule has 0 fully saturated rings. The topological polar surface area (TPSA) is 45.8 Å². The molecule has 0 spiro atoms. The van der Waals surface area contributed by atoms with E-state index in [0.717, 1.165) is 55.6 Å². The van der Waals surface area contributed by atoms with Crippen LogP contribution in [-0.4, -0.2) is 9.97 Å². The molecule has 3 nitrogen and oxygen atoms in total. The Morgan fingerprint density at radius 3 is 2.90 bits per heavy atom. The minimum atomic E-state index is 0.0917. The lowest BCUT2D eigenvalue weighted by molar-refractivity contribution is 0.631. The number of aromatic amines is 1. The maximum atomic E-state index is 12.3. The molecule has 4 rings (SSSR count). The Morgan fingerprint density at radius 1 is 1.10 bits per heavy atom. The summed E-state index contributed by atoms with van der Waals surface area (Å²) in [6.45, 7) is 0. The zero-order chi connectivity index (χ0) is 13.5. The Hall–Kier alpha value is -1.90. The van der Waals surface area contributed by atoms with Crippen molar-refractivity contribution in [3.8, 4) is 0 Å². The van der Waals surface area contributed by atoms with Crippen molar-refractivity contribution in [3.05, 3.63) is 62.8 Å². The second-order valence-corrected chi connectivity index (χ2v) is 5.87. The number of fused-ring (bicyclic) bond motifs is 2. The molecule has 1 N–H and O–H groups in total.